The monoisotopic (exact) mass is 317 g/mol. The van der Waals surface area contributed by atoms with E-state index in [2.05, 4.69) is 15.3 Å². The molecule has 0 atom stereocenters. The molecule has 4 nitrogen and oxygen atoms in total. The van der Waals surface area contributed by atoms with Crippen molar-refractivity contribution in [1.29, 1.82) is 0 Å². The summed E-state index contributed by atoms with van der Waals surface area (Å²) in [5.41, 5.74) is 0.393. The van der Waals surface area contributed by atoms with E-state index in [4.69, 9.17) is 0 Å². The molecular weight excluding hydrogens is 308 g/mol. The average Bonchev–Trinajstić information content (AvgIpc) is 3.02. The molecule has 0 saturated heterocycles. The number of benzene rings is 1. The Kier molecular flexibility index (Phi) is 3.88. The van der Waals surface area contributed by atoms with Gasteiger partial charge in [-0.25, -0.2) is 18.7 Å². The maximum Gasteiger partial charge on any atom is 0.268 e. The first kappa shape index (κ1) is 14.3. The van der Waals surface area contributed by atoms with Crippen LogP contribution in [0.5, 0.6) is 0 Å². The van der Waals surface area contributed by atoms with E-state index in [0.717, 1.165) is 12.1 Å². The number of amides is 1. The number of carbonyl (C=O) groups is 1. The van der Waals surface area contributed by atoms with E-state index in [9.17, 15) is 13.6 Å². The zero-order chi connectivity index (χ0) is 15.5. The summed E-state index contributed by atoms with van der Waals surface area (Å²) in [5, 5.41) is 4.32. The van der Waals surface area contributed by atoms with E-state index in [0.29, 0.717) is 4.88 Å². The molecule has 0 saturated carbocycles. The van der Waals surface area contributed by atoms with Gasteiger partial charge in [0.1, 0.15) is 11.6 Å². The highest BCUT2D eigenvalue weighted by Gasteiger charge is 2.12. The zero-order valence-corrected chi connectivity index (χ0v) is 11.9. The van der Waals surface area contributed by atoms with Gasteiger partial charge in [0.05, 0.1) is 10.6 Å². The van der Waals surface area contributed by atoms with Gasteiger partial charge in [0.2, 0.25) is 5.95 Å². The van der Waals surface area contributed by atoms with Gasteiger partial charge in [-0.05, 0) is 29.6 Å². The topological polar surface area (TPSA) is 54.9 Å². The number of anilines is 1. The Hall–Kier alpha value is -2.67. The van der Waals surface area contributed by atoms with Crippen LogP contribution in [0.15, 0.2) is 48.0 Å². The summed E-state index contributed by atoms with van der Waals surface area (Å²) in [6.07, 6.45) is 1.40. The van der Waals surface area contributed by atoms with Crippen molar-refractivity contribution in [2.24, 2.45) is 0 Å². The Bertz CT molecular complexity index is 821. The molecule has 0 aliphatic heterocycles. The van der Waals surface area contributed by atoms with Crippen molar-refractivity contribution in [1.82, 2.24) is 9.97 Å². The first-order valence-corrected chi connectivity index (χ1v) is 7.15. The third-order valence-corrected chi connectivity index (χ3v) is 3.70. The zero-order valence-electron chi connectivity index (χ0n) is 11.1. The summed E-state index contributed by atoms with van der Waals surface area (Å²) in [6.45, 7) is 0. The molecule has 7 heteroatoms. The number of thiophene rings is 1. The molecule has 22 heavy (non-hydrogen) atoms. The van der Waals surface area contributed by atoms with Crippen LogP contribution in [0.2, 0.25) is 0 Å². The van der Waals surface area contributed by atoms with E-state index < -0.39 is 11.6 Å². The van der Waals surface area contributed by atoms with Crippen LogP contribution in [0.3, 0.4) is 0 Å². The summed E-state index contributed by atoms with van der Waals surface area (Å²) >= 11 is 1.29. The van der Waals surface area contributed by atoms with Gasteiger partial charge in [-0.15, -0.1) is 11.3 Å². The molecule has 0 aliphatic rings. The van der Waals surface area contributed by atoms with Gasteiger partial charge in [-0.2, -0.15) is 0 Å². The first-order valence-electron chi connectivity index (χ1n) is 6.27. The van der Waals surface area contributed by atoms with Crippen molar-refractivity contribution in [2.45, 2.75) is 0 Å². The van der Waals surface area contributed by atoms with Crippen LogP contribution in [0.25, 0.3) is 11.3 Å². The highest BCUT2D eigenvalue weighted by atomic mass is 32.1. The Labute approximate surface area is 128 Å². The summed E-state index contributed by atoms with van der Waals surface area (Å²) in [7, 11) is 0. The van der Waals surface area contributed by atoms with Crippen molar-refractivity contribution in [2.75, 3.05) is 5.32 Å². The molecule has 0 unspecified atom stereocenters. The van der Waals surface area contributed by atoms with Crippen LogP contribution in [0.1, 0.15) is 9.67 Å². The second-order valence-corrected chi connectivity index (χ2v) is 5.27. The fourth-order valence-corrected chi connectivity index (χ4v) is 2.46. The van der Waals surface area contributed by atoms with Crippen molar-refractivity contribution in [3.05, 3.63) is 64.5 Å². The summed E-state index contributed by atoms with van der Waals surface area (Å²) in [6, 6.07) is 8.12. The molecule has 110 valence electrons. The molecule has 1 amide bonds. The molecule has 0 radical (unpaired) electrons. The molecule has 0 aliphatic carbocycles. The number of hydrogen-bond acceptors (Lipinski definition) is 4. The van der Waals surface area contributed by atoms with E-state index in [1.165, 1.54) is 29.7 Å². The van der Waals surface area contributed by atoms with E-state index in [1.54, 1.807) is 17.5 Å². The molecule has 0 spiro atoms. The lowest BCUT2D eigenvalue weighted by Gasteiger charge is -2.06. The minimum Gasteiger partial charge on any atom is -0.290 e. The van der Waals surface area contributed by atoms with Gasteiger partial charge in [0.15, 0.2) is 0 Å². The molecule has 2 heterocycles. The molecule has 2 aromatic heterocycles. The van der Waals surface area contributed by atoms with Gasteiger partial charge in [-0.1, -0.05) is 6.07 Å². The maximum atomic E-state index is 13.8. The molecule has 3 rings (SSSR count). The van der Waals surface area contributed by atoms with Crippen LogP contribution >= 0.6 is 11.3 Å². The number of halogens is 2. The van der Waals surface area contributed by atoms with Crippen molar-refractivity contribution in [3.8, 4) is 11.3 Å². The van der Waals surface area contributed by atoms with Crippen molar-refractivity contribution >= 4 is 23.2 Å². The number of aromatic nitrogens is 2. The number of carbonyl (C=O) groups excluding carboxylic acids is 1. The largest absolute Gasteiger partial charge is 0.290 e. The molecular formula is C15H9F2N3OS. The molecule has 1 N–H and O–H groups in total. The third kappa shape index (κ3) is 2.99. The fraction of sp³-hybridized carbons (Fsp3) is 0. The van der Waals surface area contributed by atoms with Gasteiger partial charge in [0, 0.05) is 17.8 Å². The van der Waals surface area contributed by atoms with Crippen LogP contribution in [-0.2, 0) is 0 Å². The van der Waals surface area contributed by atoms with Crippen LogP contribution in [-0.4, -0.2) is 15.9 Å². The lowest BCUT2D eigenvalue weighted by Crippen LogP contribution is -2.12. The number of hydrogen-bond donors (Lipinski definition) is 1. The number of nitrogens with one attached hydrogen (secondary N) is 1. The second-order valence-electron chi connectivity index (χ2n) is 4.32. The van der Waals surface area contributed by atoms with Gasteiger partial charge in [0.25, 0.3) is 5.91 Å². The Balaban J connectivity index is 1.88. The Morgan fingerprint density at radius 3 is 2.77 bits per heavy atom. The lowest BCUT2D eigenvalue weighted by molar-refractivity contribution is 0.102. The average molecular weight is 317 g/mol. The third-order valence-electron chi connectivity index (χ3n) is 2.83. The molecule has 1 aromatic carbocycles. The van der Waals surface area contributed by atoms with E-state index in [1.807, 2.05) is 0 Å². The summed E-state index contributed by atoms with van der Waals surface area (Å²) < 4.78 is 26.7. The minimum atomic E-state index is -0.728. The van der Waals surface area contributed by atoms with Gasteiger partial charge in [-0.3, -0.25) is 10.1 Å². The Morgan fingerprint density at radius 1 is 1.18 bits per heavy atom. The Morgan fingerprint density at radius 2 is 2.05 bits per heavy atom. The van der Waals surface area contributed by atoms with Gasteiger partial charge >= 0.3 is 0 Å². The number of rotatable bonds is 3. The lowest BCUT2D eigenvalue weighted by atomic mass is 10.1. The smallest absolute Gasteiger partial charge is 0.268 e. The quantitative estimate of drug-likeness (QED) is 0.800. The van der Waals surface area contributed by atoms with Crippen molar-refractivity contribution < 1.29 is 13.6 Å². The normalized spacial score (nSPS) is 10.5. The minimum absolute atomic E-state index is 0.0552. The predicted octanol–water partition coefficient (Wildman–Crippen LogP) is 3.74. The summed E-state index contributed by atoms with van der Waals surface area (Å²) in [4.78, 5) is 20.5. The fourth-order valence-electron chi connectivity index (χ4n) is 1.84. The highest BCUT2D eigenvalue weighted by Crippen LogP contribution is 2.22. The van der Waals surface area contributed by atoms with Crippen molar-refractivity contribution in [3.63, 3.8) is 0 Å². The maximum absolute atomic E-state index is 13.8. The summed E-state index contributed by atoms with van der Waals surface area (Å²) in [5.74, 6) is -1.68. The second kappa shape index (κ2) is 5.98. The van der Waals surface area contributed by atoms with E-state index in [-0.39, 0.29) is 23.1 Å². The SMILES string of the molecule is O=C(Nc1nccc(-c2ccc(F)cc2F)n1)c1cccs1. The van der Waals surface area contributed by atoms with Crippen LogP contribution in [0, 0.1) is 11.6 Å². The molecule has 0 bridgehead atoms. The molecule has 3 aromatic rings. The number of nitrogens with zero attached hydrogens (tertiary/aromatic N) is 2. The molecule has 0 fully saturated rings. The van der Waals surface area contributed by atoms with Gasteiger partial charge < -0.3 is 0 Å². The first-order chi connectivity index (χ1) is 10.6. The van der Waals surface area contributed by atoms with E-state index >= 15 is 0 Å². The van der Waals surface area contributed by atoms with Crippen LogP contribution < -0.4 is 5.32 Å². The predicted molar refractivity (Wildman–Crippen MR) is 79.7 cm³/mol. The highest BCUT2D eigenvalue weighted by molar-refractivity contribution is 7.12. The standard InChI is InChI=1S/C15H9F2N3OS/c16-9-3-4-10(11(17)8-9)12-5-6-18-15(19-12)20-14(21)13-2-1-7-22-13/h1-8H,(H,18,19,20,21). The van der Waals surface area contributed by atoms with Crippen LogP contribution in [0.4, 0.5) is 14.7 Å².